The number of rotatable bonds is 0. The van der Waals surface area contributed by atoms with Crippen molar-refractivity contribution in [1.82, 2.24) is 0 Å². The van der Waals surface area contributed by atoms with Gasteiger partial charge in [0.05, 0.1) is 6.54 Å². The SMILES string of the molecule is FC(F)(F)C1CN=Cc2ccccc21. The largest absolute Gasteiger partial charge is 0.397 e. The van der Waals surface area contributed by atoms with Gasteiger partial charge in [0.1, 0.15) is 5.92 Å². The molecule has 1 unspecified atom stereocenters. The Bertz CT molecular complexity index is 368. The lowest BCUT2D eigenvalue weighted by Gasteiger charge is -2.23. The lowest BCUT2D eigenvalue weighted by molar-refractivity contribution is -0.148. The maximum Gasteiger partial charge on any atom is 0.397 e. The molecule has 0 aromatic heterocycles. The van der Waals surface area contributed by atoms with Gasteiger partial charge in [-0.1, -0.05) is 24.3 Å². The van der Waals surface area contributed by atoms with E-state index in [2.05, 4.69) is 4.99 Å². The molecule has 0 aliphatic carbocycles. The second kappa shape index (κ2) is 3.12. The molecule has 2 rings (SSSR count). The normalized spacial score (nSPS) is 20.6. The van der Waals surface area contributed by atoms with Crippen LogP contribution in [0.1, 0.15) is 17.0 Å². The van der Waals surface area contributed by atoms with Crippen LogP contribution in [0.2, 0.25) is 0 Å². The van der Waals surface area contributed by atoms with Gasteiger partial charge < -0.3 is 0 Å². The van der Waals surface area contributed by atoms with E-state index in [1.807, 2.05) is 0 Å². The molecule has 1 aromatic carbocycles. The van der Waals surface area contributed by atoms with E-state index >= 15 is 0 Å². The van der Waals surface area contributed by atoms with Crippen LogP contribution in [0.5, 0.6) is 0 Å². The average Bonchev–Trinajstić information content (AvgIpc) is 2.15. The Hall–Kier alpha value is -1.32. The Labute approximate surface area is 79.3 Å². The molecule has 1 aliphatic heterocycles. The van der Waals surface area contributed by atoms with E-state index in [4.69, 9.17) is 0 Å². The summed E-state index contributed by atoms with van der Waals surface area (Å²) in [7, 11) is 0. The zero-order valence-electron chi connectivity index (χ0n) is 7.25. The van der Waals surface area contributed by atoms with Crippen LogP contribution in [0.3, 0.4) is 0 Å². The van der Waals surface area contributed by atoms with Crippen molar-refractivity contribution in [2.45, 2.75) is 12.1 Å². The van der Waals surface area contributed by atoms with Crippen molar-refractivity contribution >= 4 is 6.21 Å². The molecule has 0 radical (unpaired) electrons. The van der Waals surface area contributed by atoms with E-state index in [9.17, 15) is 13.2 Å². The number of nitrogens with zero attached hydrogens (tertiary/aromatic N) is 1. The van der Waals surface area contributed by atoms with Gasteiger partial charge in [-0.25, -0.2) is 0 Å². The van der Waals surface area contributed by atoms with Gasteiger partial charge in [0, 0.05) is 6.21 Å². The highest BCUT2D eigenvalue weighted by Gasteiger charge is 2.42. The molecule has 1 aliphatic rings. The van der Waals surface area contributed by atoms with Crippen molar-refractivity contribution in [1.29, 1.82) is 0 Å². The third kappa shape index (κ3) is 1.52. The maximum absolute atomic E-state index is 12.5. The van der Waals surface area contributed by atoms with Crippen LogP contribution in [-0.2, 0) is 0 Å². The van der Waals surface area contributed by atoms with Crippen LogP contribution in [0.4, 0.5) is 13.2 Å². The van der Waals surface area contributed by atoms with Crippen LogP contribution in [0.15, 0.2) is 29.3 Å². The molecule has 4 heteroatoms. The summed E-state index contributed by atoms with van der Waals surface area (Å²) in [6.45, 7) is -0.194. The lowest BCUT2D eigenvalue weighted by Crippen LogP contribution is -2.26. The summed E-state index contributed by atoms with van der Waals surface area (Å²) in [6, 6.07) is 6.50. The number of aliphatic imine (C=N–C) groups is 1. The van der Waals surface area contributed by atoms with Gasteiger partial charge in [-0.2, -0.15) is 13.2 Å². The minimum atomic E-state index is -4.20. The quantitative estimate of drug-likeness (QED) is 0.609. The first-order valence-electron chi connectivity index (χ1n) is 4.24. The molecule has 0 spiro atoms. The van der Waals surface area contributed by atoms with Gasteiger partial charge >= 0.3 is 6.18 Å². The van der Waals surface area contributed by atoms with E-state index in [1.165, 1.54) is 12.3 Å². The fourth-order valence-electron chi connectivity index (χ4n) is 1.58. The highest BCUT2D eigenvalue weighted by molar-refractivity contribution is 5.83. The van der Waals surface area contributed by atoms with Crippen molar-refractivity contribution in [3.8, 4) is 0 Å². The summed E-state index contributed by atoms with van der Waals surface area (Å²) < 4.78 is 37.6. The van der Waals surface area contributed by atoms with Gasteiger partial charge in [-0.05, 0) is 11.1 Å². The molecular weight excluding hydrogens is 191 g/mol. The highest BCUT2D eigenvalue weighted by atomic mass is 19.4. The predicted octanol–water partition coefficient (Wildman–Crippen LogP) is 2.77. The van der Waals surface area contributed by atoms with Crippen molar-refractivity contribution in [2.75, 3.05) is 6.54 Å². The van der Waals surface area contributed by atoms with Crippen LogP contribution in [0.25, 0.3) is 0 Å². The first kappa shape index (κ1) is 9.24. The second-order valence-corrected chi connectivity index (χ2v) is 3.22. The van der Waals surface area contributed by atoms with E-state index in [-0.39, 0.29) is 6.54 Å². The Kier molecular flexibility index (Phi) is 2.06. The van der Waals surface area contributed by atoms with Crippen molar-refractivity contribution in [3.63, 3.8) is 0 Å². The van der Waals surface area contributed by atoms with E-state index in [0.717, 1.165) is 0 Å². The zero-order chi connectivity index (χ0) is 10.2. The first-order valence-corrected chi connectivity index (χ1v) is 4.24. The monoisotopic (exact) mass is 199 g/mol. The molecule has 1 atom stereocenters. The molecule has 0 N–H and O–H groups in total. The Morgan fingerprint density at radius 3 is 2.64 bits per heavy atom. The fraction of sp³-hybridized carbons (Fsp3) is 0.300. The standard InChI is InChI=1S/C10H8F3N/c11-10(12,13)9-6-14-5-7-3-1-2-4-8(7)9/h1-5,9H,6H2. The lowest BCUT2D eigenvalue weighted by atomic mass is 9.92. The number of alkyl halides is 3. The van der Waals surface area contributed by atoms with E-state index in [1.54, 1.807) is 18.2 Å². The number of hydrogen-bond acceptors (Lipinski definition) is 1. The molecule has 0 amide bonds. The zero-order valence-corrected chi connectivity index (χ0v) is 7.25. The number of halogens is 3. The molecule has 0 saturated heterocycles. The third-order valence-corrected chi connectivity index (χ3v) is 2.28. The molecular formula is C10H8F3N. The van der Waals surface area contributed by atoms with Gasteiger partial charge in [0.25, 0.3) is 0 Å². The molecule has 0 bridgehead atoms. The van der Waals surface area contributed by atoms with Gasteiger partial charge in [-0.15, -0.1) is 0 Å². The summed E-state index contributed by atoms with van der Waals surface area (Å²) in [5, 5.41) is 0. The molecule has 0 fully saturated rings. The van der Waals surface area contributed by atoms with Crippen molar-refractivity contribution in [3.05, 3.63) is 35.4 Å². The number of hydrogen-bond donors (Lipinski definition) is 0. The van der Waals surface area contributed by atoms with Crippen LogP contribution < -0.4 is 0 Å². The third-order valence-electron chi connectivity index (χ3n) is 2.28. The molecule has 0 saturated carbocycles. The Morgan fingerprint density at radius 1 is 1.21 bits per heavy atom. The average molecular weight is 199 g/mol. The van der Waals surface area contributed by atoms with Crippen LogP contribution >= 0.6 is 0 Å². The van der Waals surface area contributed by atoms with E-state index in [0.29, 0.717) is 11.1 Å². The smallest absolute Gasteiger partial charge is 0.292 e. The summed E-state index contributed by atoms with van der Waals surface area (Å²) in [5.41, 5.74) is 0.899. The minimum absolute atomic E-state index is 0.194. The van der Waals surface area contributed by atoms with Gasteiger partial charge in [0.15, 0.2) is 0 Å². The summed E-state index contributed by atoms with van der Waals surface area (Å²) in [6.07, 6.45) is -2.70. The summed E-state index contributed by atoms with van der Waals surface area (Å²) in [4.78, 5) is 3.72. The molecule has 1 nitrogen and oxygen atoms in total. The maximum atomic E-state index is 12.5. The van der Waals surface area contributed by atoms with Crippen LogP contribution in [0, 0.1) is 0 Å². The Balaban J connectivity index is 2.46. The first-order chi connectivity index (χ1) is 6.59. The van der Waals surface area contributed by atoms with Crippen LogP contribution in [-0.4, -0.2) is 18.9 Å². The summed E-state index contributed by atoms with van der Waals surface area (Å²) in [5.74, 6) is -1.44. The van der Waals surface area contributed by atoms with Gasteiger partial charge in [-0.3, -0.25) is 4.99 Å². The number of fused-ring (bicyclic) bond motifs is 1. The molecule has 1 heterocycles. The molecule has 74 valence electrons. The molecule has 1 aromatic rings. The predicted molar refractivity (Wildman–Crippen MR) is 47.7 cm³/mol. The van der Waals surface area contributed by atoms with Gasteiger partial charge in [0.2, 0.25) is 0 Å². The Morgan fingerprint density at radius 2 is 1.93 bits per heavy atom. The second-order valence-electron chi connectivity index (χ2n) is 3.22. The molecule has 14 heavy (non-hydrogen) atoms. The summed E-state index contributed by atoms with van der Waals surface area (Å²) >= 11 is 0. The van der Waals surface area contributed by atoms with Crippen molar-refractivity contribution < 1.29 is 13.2 Å². The highest BCUT2D eigenvalue weighted by Crippen LogP contribution is 2.37. The van der Waals surface area contributed by atoms with Crippen molar-refractivity contribution in [2.24, 2.45) is 4.99 Å². The minimum Gasteiger partial charge on any atom is -0.292 e. The van der Waals surface area contributed by atoms with E-state index < -0.39 is 12.1 Å². The fourth-order valence-corrected chi connectivity index (χ4v) is 1.58. The topological polar surface area (TPSA) is 12.4 Å². The number of benzene rings is 1.